The standard InChI is InChI=1S/C17H19ClN2O3S/c1-11-5-4-6-14(8-11)24(22,23)19-10-16(21)20-17-13(3)7-12(2)9-15(17)18/h4-9,19H,10H2,1-3H3,(H,20,21). The zero-order valence-electron chi connectivity index (χ0n) is 13.7. The zero-order valence-corrected chi connectivity index (χ0v) is 15.3. The number of carbonyl (C=O) groups is 1. The second-order valence-electron chi connectivity index (χ2n) is 5.63. The van der Waals surface area contributed by atoms with Gasteiger partial charge in [0.25, 0.3) is 0 Å². The molecule has 0 aromatic heterocycles. The van der Waals surface area contributed by atoms with Gasteiger partial charge in [-0.05, 0) is 55.7 Å². The first-order chi connectivity index (χ1) is 11.2. The van der Waals surface area contributed by atoms with Gasteiger partial charge in [-0.15, -0.1) is 0 Å². The molecule has 0 unspecified atom stereocenters. The van der Waals surface area contributed by atoms with E-state index in [0.717, 1.165) is 16.7 Å². The molecular weight excluding hydrogens is 348 g/mol. The molecule has 0 aliphatic rings. The Labute approximate surface area is 147 Å². The van der Waals surface area contributed by atoms with Crippen molar-refractivity contribution in [1.82, 2.24) is 4.72 Å². The van der Waals surface area contributed by atoms with E-state index < -0.39 is 15.9 Å². The normalized spacial score (nSPS) is 11.3. The average molecular weight is 367 g/mol. The van der Waals surface area contributed by atoms with E-state index in [4.69, 9.17) is 11.6 Å². The summed E-state index contributed by atoms with van der Waals surface area (Å²) in [6.07, 6.45) is 0. The molecule has 0 atom stereocenters. The summed E-state index contributed by atoms with van der Waals surface area (Å²) in [7, 11) is -3.74. The molecule has 0 bridgehead atoms. The molecule has 5 nitrogen and oxygen atoms in total. The third kappa shape index (κ3) is 4.56. The number of sulfonamides is 1. The number of nitrogens with one attached hydrogen (secondary N) is 2. The largest absolute Gasteiger partial charge is 0.323 e. The van der Waals surface area contributed by atoms with Crippen molar-refractivity contribution < 1.29 is 13.2 Å². The fraction of sp³-hybridized carbons (Fsp3) is 0.235. The minimum atomic E-state index is -3.74. The SMILES string of the molecule is Cc1cccc(S(=O)(=O)NCC(=O)Nc2c(C)cc(C)cc2Cl)c1. The van der Waals surface area contributed by atoms with Crippen LogP contribution in [0, 0.1) is 20.8 Å². The van der Waals surface area contributed by atoms with Crippen LogP contribution in [0.1, 0.15) is 16.7 Å². The van der Waals surface area contributed by atoms with Gasteiger partial charge in [0, 0.05) is 0 Å². The van der Waals surface area contributed by atoms with Gasteiger partial charge in [0.2, 0.25) is 15.9 Å². The molecule has 0 spiro atoms. The topological polar surface area (TPSA) is 75.3 Å². The van der Waals surface area contributed by atoms with Crippen LogP contribution >= 0.6 is 11.6 Å². The lowest BCUT2D eigenvalue weighted by Crippen LogP contribution is -2.33. The van der Waals surface area contributed by atoms with Gasteiger partial charge in [0.15, 0.2) is 0 Å². The van der Waals surface area contributed by atoms with Gasteiger partial charge in [-0.1, -0.05) is 29.8 Å². The summed E-state index contributed by atoms with van der Waals surface area (Å²) >= 11 is 6.13. The Morgan fingerprint density at radius 2 is 1.79 bits per heavy atom. The summed E-state index contributed by atoms with van der Waals surface area (Å²) < 4.78 is 26.7. The number of anilines is 1. The molecule has 128 valence electrons. The lowest BCUT2D eigenvalue weighted by Gasteiger charge is -2.12. The number of amides is 1. The fourth-order valence-corrected chi connectivity index (χ4v) is 3.74. The highest BCUT2D eigenvalue weighted by Crippen LogP contribution is 2.27. The quantitative estimate of drug-likeness (QED) is 0.853. The Bertz CT molecular complexity index is 856. The summed E-state index contributed by atoms with van der Waals surface area (Å²) in [6.45, 7) is 5.15. The average Bonchev–Trinajstić information content (AvgIpc) is 2.49. The first-order valence-corrected chi connectivity index (χ1v) is 9.18. The number of rotatable bonds is 5. The molecule has 0 radical (unpaired) electrons. The maximum atomic E-state index is 12.2. The number of aryl methyl sites for hydroxylation is 3. The molecule has 0 aliphatic carbocycles. The predicted octanol–water partition coefficient (Wildman–Crippen LogP) is 3.18. The third-order valence-corrected chi connectivity index (χ3v) is 5.12. The van der Waals surface area contributed by atoms with Crippen LogP contribution in [0.3, 0.4) is 0 Å². The Hall–Kier alpha value is -1.89. The maximum absolute atomic E-state index is 12.2. The highest BCUT2D eigenvalue weighted by Gasteiger charge is 2.16. The van der Waals surface area contributed by atoms with Gasteiger partial charge >= 0.3 is 0 Å². The van der Waals surface area contributed by atoms with Crippen LogP contribution in [0.25, 0.3) is 0 Å². The van der Waals surface area contributed by atoms with Crippen molar-refractivity contribution in [2.24, 2.45) is 0 Å². The van der Waals surface area contributed by atoms with Gasteiger partial charge in [0.1, 0.15) is 0 Å². The minimum Gasteiger partial charge on any atom is -0.323 e. The van der Waals surface area contributed by atoms with Crippen molar-refractivity contribution in [3.8, 4) is 0 Å². The molecule has 2 rings (SSSR count). The summed E-state index contributed by atoms with van der Waals surface area (Å²) in [5.74, 6) is -0.486. The lowest BCUT2D eigenvalue weighted by atomic mass is 10.1. The Kier molecular flexibility index (Phi) is 5.64. The number of benzene rings is 2. The molecule has 7 heteroatoms. The molecule has 24 heavy (non-hydrogen) atoms. The second kappa shape index (κ2) is 7.34. The van der Waals surface area contributed by atoms with Gasteiger partial charge in [-0.25, -0.2) is 13.1 Å². The van der Waals surface area contributed by atoms with Gasteiger partial charge in [-0.2, -0.15) is 0 Å². The number of halogens is 1. The van der Waals surface area contributed by atoms with E-state index in [0.29, 0.717) is 10.7 Å². The smallest absolute Gasteiger partial charge is 0.241 e. The molecule has 2 aromatic rings. The van der Waals surface area contributed by atoms with Crippen molar-refractivity contribution in [3.05, 3.63) is 58.1 Å². The maximum Gasteiger partial charge on any atom is 0.241 e. The summed E-state index contributed by atoms with van der Waals surface area (Å²) in [6, 6.07) is 10.1. The molecule has 0 fully saturated rings. The van der Waals surface area contributed by atoms with Crippen molar-refractivity contribution in [2.45, 2.75) is 25.7 Å². The first kappa shape index (κ1) is 18.4. The third-order valence-electron chi connectivity index (χ3n) is 3.42. The highest BCUT2D eigenvalue weighted by molar-refractivity contribution is 7.89. The molecule has 0 heterocycles. The molecule has 0 saturated heterocycles. The van der Waals surface area contributed by atoms with Gasteiger partial charge < -0.3 is 5.32 Å². The van der Waals surface area contributed by atoms with E-state index in [1.165, 1.54) is 6.07 Å². The minimum absolute atomic E-state index is 0.125. The molecular formula is C17H19ClN2O3S. The van der Waals surface area contributed by atoms with Crippen LogP contribution in [0.4, 0.5) is 5.69 Å². The van der Waals surface area contributed by atoms with Crippen molar-refractivity contribution >= 4 is 33.2 Å². The molecule has 1 amide bonds. The highest BCUT2D eigenvalue weighted by atomic mass is 35.5. The van der Waals surface area contributed by atoms with Crippen LogP contribution in [0.2, 0.25) is 5.02 Å². The van der Waals surface area contributed by atoms with Crippen LogP contribution in [0.5, 0.6) is 0 Å². The lowest BCUT2D eigenvalue weighted by molar-refractivity contribution is -0.115. The van der Waals surface area contributed by atoms with Gasteiger partial charge in [-0.3, -0.25) is 4.79 Å². The zero-order chi connectivity index (χ0) is 17.9. The Balaban J connectivity index is 2.06. The van der Waals surface area contributed by atoms with Crippen LogP contribution in [-0.2, 0) is 14.8 Å². The number of carbonyl (C=O) groups excluding carboxylic acids is 1. The second-order valence-corrected chi connectivity index (χ2v) is 7.80. The van der Waals surface area contributed by atoms with Crippen LogP contribution in [-0.4, -0.2) is 20.9 Å². The fourth-order valence-electron chi connectivity index (χ4n) is 2.28. The summed E-state index contributed by atoms with van der Waals surface area (Å²) in [4.78, 5) is 12.2. The molecule has 2 aromatic carbocycles. The van der Waals surface area contributed by atoms with E-state index in [9.17, 15) is 13.2 Å². The Morgan fingerprint density at radius 1 is 1.08 bits per heavy atom. The first-order valence-electron chi connectivity index (χ1n) is 7.32. The molecule has 2 N–H and O–H groups in total. The van der Waals surface area contributed by atoms with Crippen LogP contribution in [0.15, 0.2) is 41.3 Å². The summed E-state index contributed by atoms with van der Waals surface area (Å²) in [5.41, 5.74) is 3.11. The molecule has 0 aliphatic heterocycles. The number of hydrogen-bond acceptors (Lipinski definition) is 3. The van der Waals surface area contributed by atoms with Gasteiger partial charge in [0.05, 0.1) is 22.2 Å². The van der Waals surface area contributed by atoms with E-state index in [1.807, 2.05) is 19.9 Å². The monoisotopic (exact) mass is 366 g/mol. The summed E-state index contributed by atoms with van der Waals surface area (Å²) in [5, 5.41) is 3.06. The van der Waals surface area contributed by atoms with Crippen molar-refractivity contribution in [1.29, 1.82) is 0 Å². The Morgan fingerprint density at radius 3 is 2.42 bits per heavy atom. The molecule has 0 saturated carbocycles. The van der Waals surface area contributed by atoms with Crippen molar-refractivity contribution in [3.63, 3.8) is 0 Å². The van der Waals surface area contributed by atoms with E-state index in [2.05, 4.69) is 10.0 Å². The van der Waals surface area contributed by atoms with E-state index in [1.54, 1.807) is 31.2 Å². The predicted molar refractivity (Wildman–Crippen MR) is 95.9 cm³/mol. The van der Waals surface area contributed by atoms with Crippen molar-refractivity contribution in [2.75, 3.05) is 11.9 Å². The van der Waals surface area contributed by atoms with E-state index >= 15 is 0 Å². The number of hydrogen-bond donors (Lipinski definition) is 2. The van der Waals surface area contributed by atoms with E-state index in [-0.39, 0.29) is 11.4 Å². The van der Waals surface area contributed by atoms with Crippen LogP contribution < -0.4 is 10.0 Å².